The molecule has 14 heavy (non-hydrogen) atoms. The lowest BCUT2D eigenvalue weighted by atomic mass is 10.2. The largest absolute Gasteiger partial charge is 0.466 e. The summed E-state index contributed by atoms with van der Waals surface area (Å²) in [5, 5.41) is 5.71. The lowest BCUT2D eigenvalue weighted by Gasteiger charge is -2.17. The number of hydrogen-bond acceptors (Lipinski definition) is 4. The third-order valence-corrected chi connectivity index (χ3v) is 1.90. The standard InChI is InChI=1S/C9H11N3O2/c1-10-3-6-2-7-9(11-4-6)14-5-8(13)12-7/h2,4,10H,3,5H2,1H3,(H,12,13). The minimum atomic E-state index is -0.138. The molecule has 0 saturated carbocycles. The zero-order chi connectivity index (χ0) is 9.97. The Hall–Kier alpha value is -1.62. The number of ether oxygens (including phenoxy) is 1. The Labute approximate surface area is 81.5 Å². The number of rotatable bonds is 2. The summed E-state index contributed by atoms with van der Waals surface area (Å²) in [6.07, 6.45) is 1.73. The molecule has 0 aliphatic carbocycles. The summed E-state index contributed by atoms with van der Waals surface area (Å²) in [6.45, 7) is 0.765. The average molecular weight is 193 g/mol. The first kappa shape index (κ1) is 8.96. The molecule has 1 amide bonds. The van der Waals surface area contributed by atoms with Crippen LogP contribution in [0.3, 0.4) is 0 Å². The van der Waals surface area contributed by atoms with Crippen molar-refractivity contribution < 1.29 is 9.53 Å². The van der Waals surface area contributed by atoms with E-state index in [0.29, 0.717) is 11.6 Å². The molecule has 2 rings (SSSR count). The fraction of sp³-hybridized carbons (Fsp3) is 0.333. The Bertz CT molecular complexity index is 365. The molecular formula is C9H11N3O2. The molecule has 0 unspecified atom stereocenters. The summed E-state index contributed by atoms with van der Waals surface area (Å²) in [4.78, 5) is 15.1. The van der Waals surface area contributed by atoms with Gasteiger partial charge in [0.15, 0.2) is 6.61 Å². The maximum atomic E-state index is 11.0. The predicted molar refractivity (Wildman–Crippen MR) is 51.1 cm³/mol. The maximum absolute atomic E-state index is 11.0. The summed E-state index contributed by atoms with van der Waals surface area (Å²) >= 11 is 0. The molecule has 0 aromatic carbocycles. The molecule has 2 N–H and O–H groups in total. The molecule has 2 heterocycles. The van der Waals surface area contributed by atoms with Gasteiger partial charge < -0.3 is 15.4 Å². The van der Waals surface area contributed by atoms with E-state index in [4.69, 9.17) is 4.74 Å². The second-order valence-corrected chi connectivity index (χ2v) is 3.06. The number of amides is 1. The highest BCUT2D eigenvalue weighted by Gasteiger charge is 2.16. The van der Waals surface area contributed by atoms with E-state index in [0.717, 1.165) is 12.1 Å². The first-order valence-electron chi connectivity index (χ1n) is 4.36. The van der Waals surface area contributed by atoms with Crippen LogP contribution in [0.25, 0.3) is 0 Å². The predicted octanol–water partition coefficient (Wildman–Crippen LogP) is 0.132. The van der Waals surface area contributed by atoms with Crippen molar-refractivity contribution in [3.05, 3.63) is 17.8 Å². The van der Waals surface area contributed by atoms with E-state index in [2.05, 4.69) is 15.6 Å². The van der Waals surface area contributed by atoms with Gasteiger partial charge in [0.1, 0.15) is 5.69 Å². The number of anilines is 1. The monoisotopic (exact) mass is 193 g/mol. The molecule has 0 radical (unpaired) electrons. The summed E-state index contributed by atoms with van der Waals surface area (Å²) in [5.74, 6) is 0.352. The average Bonchev–Trinajstić information content (AvgIpc) is 2.17. The molecule has 0 saturated heterocycles. The van der Waals surface area contributed by atoms with Gasteiger partial charge in [0.2, 0.25) is 5.88 Å². The van der Waals surface area contributed by atoms with Crippen LogP contribution in [0.4, 0.5) is 5.69 Å². The van der Waals surface area contributed by atoms with Crippen molar-refractivity contribution in [2.45, 2.75) is 6.54 Å². The fourth-order valence-corrected chi connectivity index (χ4v) is 1.32. The number of carbonyl (C=O) groups excluding carboxylic acids is 1. The van der Waals surface area contributed by atoms with Crippen LogP contribution in [-0.2, 0) is 11.3 Å². The Balaban J connectivity index is 2.28. The van der Waals surface area contributed by atoms with Gasteiger partial charge in [-0.05, 0) is 18.7 Å². The number of fused-ring (bicyclic) bond motifs is 1. The first-order chi connectivity index (χ1) is 6.79. The van der Waals surface area contributed by atoms with Gasteiger partial charge in [-0.1, -0.05) is 0 Å². The molecule has 1 aliphatic heterocycles. The highest BCUT2D eigenvalue weighted by atomic mass is 16.5. The van der Waals surface area contributed by atoms with Gasteiger partial charge >= 0.3 is 0 Å². The highest BCUT2D eigenvalue weighted by molar-refractivity contribution is 5.94. The van der Waals surface area contributed by atoms with E-state index in [1.165, 1.54) is 0 Å². The fourth-order valence-electron chi connectivity index (χ4n) is 1.32. The van der Waals surface area contributed by atoms with Gasteiger partial charge in [-0.3, -0.25) is 4.79 Å². The van der Waals surface area contributed by atoms with Crippen molar-refractivity contribution in [2.75, 3.05) is 19.0 Å². The zero-order valence-corrected chi connectivity index (χ0v) is 7.83. The third kappa shape index (κ3) is 1.67. The van der Waals surface area contributed by atoms with Crippen molar-refractivity contribution in [1.29, 1.82) is 0 Å². The van der Waals surface area contributed by atoms with Gasteiger partial charge in [-0.15, -0.1) is 0 Å². The number of hydrogen-bond donors (Lipinski definition) is 2. The van der Waals surface area contributed by atoms with E-state index in [9.17, 15) is 4.79 Å². The summed E-state index contributed by atoms with van der Waals surface area (Å²) in [5.41, 5.74) is 1.66. The minimum Gasteiger partial charge on any atom is -0.466 e. The van der Waals surface area contributed by atoms with Crippen molar-refractivity contribution >= 4 is 11.6 Å². The molecule has 0 spiro atoms. The van der Waals surface area contributed by atoms with Crippen LogP contribution in [0.5, 0.6) is 5.88 Å². The van der Waals surface area contributed by atoms with Crippen LogP contribution in [0, 0.1) is 0 Å². The van der Waals surface area contributed by atoms with Gasteiger partial charge in [0.25, 0.3) is 5.91 Å². The van der Waals surface area contributed by atoms with Crippen LogP contribution >= 0.6 is 0 Å². The van der Waals surface area contributed by atoms with Crippen molar-refractivity contribution in [2.24, 2.45) is 0 Å². The van der Waals surface area contributed by atoms with E-state index in [1.807, 2.05) is 13.1 Å². The van der Waals surface area contributed by atoms with E-state index in [-0.39, 0.29) is 12.5 Å². The Morgan fingerprint density at radius 3 is 3.36 bits per heavy atom. The SMILES string of the molecule is CNCc1cnc2c(c1)NC(=O)CO2. The van der Waals surface area contributed by atoms with Gasteiger partial charge in [-0.25, -0.2) is 4.98 Å². The number of nitrogens with one attached hydrogen (secondary N) is 2. The van der Waals surface area contributed by atoms with Gasteiger partial charge in [0, 0.05) is 12.7 Å². The zero-order valence-electron chi connectivity index (χ0n) is 7.83. The lowest BCUT2D eigenvalue weighted by Crippen LogP contribution is -2.26. The number of pyridine rings is 1. The Morgan fingerprint density at radius 2 is 2.57 bits per heavy atom. The molecule has 1 aliphatic rings. The lowest BCUT2D eigenvalue weighted by molar-refractivity contribution is -0.118. The molecule has 5 nitrogen and oxygen atoms in total. The normalized spacial score (nSPS) is 14.2. The van der Waals surface area contributed by atoms with E-state index in [1.54, 1.807) is 6.20 Å². The molecule has 74 valence electrons. The number of carbonyl (C=O) groups is 1. The van der Waals surface area contributed by atoms with Gasteiger partial charge in [0.05, 0.1) is 0 Å². The Morgan fingerprint density at radius 1 is 1.71 bits per heavy atom. The van der Waals surface area contributed by atoms with Crippen LogP contribution in [-0.4, -0.2) is 24.5 Å². The highest BCUT2D eigenvalue weighted by Crippen LogP contribution is 2.25. The Kier molecular flexibility index (Phi) is 2.32. The van der Waals surface area contributed by atoms with E-state index >= 15 is 0 Å². The second kappa shape index (κ2) is 3.63. The molecule has 0 bridgehead atoms. The second-order valence-electron chi connectivity index (χ2n) is 3.06. The van der Waals surface area contributed by atoms with E-state index < -0.39 is 0 Å². The molecule has 0 fully saturated rings. The van der Waals surface area contributed by atoms with Gasteiger partial charge in [-0.2, -0.15) is 0 Å². The summed E-state index contributed by atoms with van der Waals surface area (Å²) < 4.78 is 5.13. The smallest absolute Gasteiger partial charge is 0.262 e. The van der Waals surface area contributed by atoms with Crippen LogP contribution in [0.1, 0.15) is 5.56 Å². The molecule has 1 aromatic rings. The topological polar surface area (TPSA) is 63.2 Å². The first-order valence-corrected chi connectivity index (χ1v) is 4.36. The van der Waals surface area contributed by atoms with Crippen LogP contribution in [0.2, 0.25) is 0 Å². The van der Waals surface area contributed by atoms with Crippen molar-refractivity contribution in [3.63, 3.8) is 0 Å². The molecule has 5 heteroatoms. The quantitative estimate of drug-likeness (QED) is 0.701. The number of nitrogens with zero attached hydrogens (tertiary/aromatic N) is 1. The molecule has 0 atom stereocenters. The minimum absolute atomic E-state index is 0.0470. The van der Waals surface area contributed by atoms with Crippen molar-refractivity contribution in [3.8, 4) is 5.88 Å². The number of aromatic nitrogens is 1. The maximum Gasteiger partial charge on any atom is 0.262 e. The molecule has 1 aromatic heterocycles. The van der Waals surface area contributed by atoms with Crippen LogP contribution < -0.4 is 15.4 Å². The summed E-state index contributed by atoms with van der Waals surface area (Å²) in [6, 6.07) is 1.86. The molecular weight excluding hydrogens is 182 g/mol. The summed E-state index contributed by atoms with van der Waals surface area (Å²) in [7, 11) is 1.86. The third-order valence-electron chi connectivity index (χ3n) is 1.90. The van der Waals surface area contributed by atoms with Crippen molar-refractivity contribution in [1.82, 2.24) is 10.3 Å². The van der Waals surface area contributed by atoms with Crippen LogP contribution in [0.15, 0.2) is 12.3 Å².